The Morgan fingerprint density at radius 1 is 1.31 bits per heavy atom. The second-order valence-electron chi connectivity index (χ2n) is 5.97. The van der Waals surface area contributed by atoms with Gasteiger partial charge < -0.3 is 5.11 Å². The second-order valence-corrected chi connectivity index (χ2v) is 5.97. The van der Waals surface area contributed by atoms with Crippen LogP contribution in [0.1, 0.15) is 47.0 Å². The highest BCUT2D eigenvalue weighted by Gasteiger charge is 2.37. The zero-order valence-electron chi connectivity index (χ0n) is 11.0. The highest BCUT2D eigenvalue weighted by molar-refractivity contribution is 5.24. The lowest BCUT2D eigenvalue weighted by molar-refractivity contribution is 0.172. The molecule has 1 heteroatoms. The summed E-state index contributed by atoms with van der Waals surface area (Å²) in [6, 6.07) is 0. The van der Waals surface area contributed by atoms with Crippen molar-refractivity contribution in [3.8, 4) is 0 Å². The molecule has 0 heterocycles. The molecule has 0 saturated heterocycles. The highest BCUT2D eigenvalue weighted by atomic mass is 16.3. The Balaban J connectivity index is 2.29. The van der Waals surface area contributed by atoms with Crippen LogP contribution in [0.4, 0.5) is 0 Å². The average molecular weight is 220 g/mol. The lowest BCUT2D eigenvalue weighted by atomic mass is 9.82. The summed E-state index contributed by atoms with van der Waals surface area (Å²) >= 11 is 0. The predicted octanol–water partition coefficient (Wildman–Crippen LogP) is 3.70. The van der Waals surface area contributed by atoms with Crippen molar-refractivity contribution in [2.24, 2.45) is 17.8 Å². The number of rotatable bonds is 0. The normalized spacial score (nSPS) is 39.1. The Labute approximate surface area is 99.3 Å². The van der Waals surface area contributed by atoms with E-state index in [9.17, 15) is 5.11 Å². The van der Waals surface area contributed by atoms with Gasteiger partial charge >= 0.3 is 0 Å². The molecule has 0 aliphatic heterocycles. The van der Waals surface area contributed by atoms with Crippen molar-refractivity contribution < 1.29 is 5.11 Å². The highest BCUT2D eigenvalue weighted by Crippen LogP contribution is 2.47. The van der Waals surface area contributed by atoms with Crippen LogP contribution in [0, 0.1) is 17.8 Å². The van der Waals surface area contributed by atoms with Gasteiger partial charge in [-0.25, -0.2) is 0 Å². The van der Waals surface area contributed by atoms with Crippen molar-refractivity contribution in [1.29, 1.82) is 0 Å². The van der Waals surface area contributed by atoms with Crippen molar-refractivity contribution in [3.63, 3.8) is 0 Å². The van der Waals surface area contributed by atoms with Crippen LogP contribution in [0.2, 0.25) is 0 Å². The molecule has 1 fully saturated rings. The van der Waals surface area contributed by atoms with Crippen LogP contribution in [-0.2, 0) is 0 Å². The van der Waals surface area contributed by atoms with Gasteiger partial charge in [0.25, 0.3) is 0 Å². The molecule has 0 bridgehead atoms. The summed E-state index contributed by atoms with van der Waals surface area (Å²) < 4.78 is 0. The molecule has 0 aromatic heterocycles. The maximum absolute atomic E-state index is 9.87. The Bertz CT molecular complexity index is 333. The number of allylic oxidation sites excluding steroid dienone is 3. The number of aliphatic hydroxyl groups is 1. The summed E-state index contributed by atoms with van der Waals surface area (Å²) in [6.45, 7) is 8.98. The molecule has 0 amide bonds. The molecule has 1 nitrogen and oxygen atoms in total. The molecule has 0 radical (unpaired) electrons. The van der Waals surface area contributed by atoms with Crippen molar-refractivity contribution in [2.45, 2.75) is 53.1 Å². The van der Waals surface area contributed by atoms with Crippen LogP contribution >= 0.6 is 0 Å². The van der Waals surface area contributed by atoms with Crippen LogP contribution in [0.25, 0.3) is 0 Å². The number of aliphatic hydroxyl groups excluding tert-OH is 1. The Hall–Kier alpha value is -0.560. The standard InChI is InChI=1S/C15H24O/c1-9(2)12-7-14-10(3)5-13(16)6-11(4)15(14)8-12/h5,11,13-16H,6-8H2,1-4H3/t11-,13-,14-,15+/m0/s1. The zero-order valence-corrected chi connectivity index (χ0v) is 11.0. The molecule has 4 atom stereocenters. The number of hydrogen-bond acceptors (Lipinski definition) is 1. The first-order chi connectivity index (χ1) is 7.49. The van der Waals surface area contributed by atoms with Crippen molar-refractivity contribution in [2.75, 3.05) is 0 Å². The van der Waals surface area contributed by atoms with E-state index in [1.165, 1.54) is 24.0 Å². The fourth-order valence-electron chi connectivity index (χ4n) is 3.48. The van der Waals surface area contributed by atoms with E-state index in [0.29, 0.717) is 11.8 Å². The van der Waals surface area contributed by atoms with Crippen molar-refractivity contribution in [3.05, 3.63) is 22.8 Å². The predicted molar refractivity (Wildman–Crippen MR) is 68.1 cm³/mol. The minimum Gasteiger partial charge on any atom is -0.389 e. The van der Waals surface area contributed by atoms with Crippen LogP contribution in [0.3, 0.4) is 0 Å². The van der Waals surface area contributed by atoms with E-state index < -0.39 is 0 Å². The smallest absolute Gasteiger partial charge is 0.0726 e. The van der Waals surface area contributed by atoms with E-state index in [4.69, 9.17) is 0 Å². The first-order valence-electron chi connectivity index (χ1n) is 6.50. The lowest BCUT2D eigenvalue weighted by Gasteiger charge is -2.23. The van der Waals surface area contributed by atoms with Crippen molar-refractivity contribution >= 4 is 0 Å². The molecule has 2 aliphatic rings. The quantitative estimate of drug-likeness (QED) is 0.617. The third-order valence-electron chi connectivity index (χ3n) is 4.56. The molecule has 16 heavy (non-hydrogen) atoms. The Kier molecular flexibility index (Phi) is 3.25. The summed E-state index contributed by atoms with van der Waals surface area (Å²) in [5.41, 5.74) is 4.58. The van der Waals surface area contributed by atoms with Gasteiger partial charge in [-0.1, -0.05) is 29.7 Å². The summed E-state index contributed by atoms with van der Waals surface area (Å²) in [5, 5.41) is 9.87. The molecule has 1 saturated carbocycles. The van der Waals surface area contributed by atoms with Crippen LogP contribution in [-0.4, -0.2) is 11.2 Å². The molecule has 0 unspecified atom stereocenters. The van der Waals surface area contributed by atoms with Crippen molar-refractivity contribution in [1.82, 2.24) is 0 Å². The maximum Gasteiger partial charge on any atom is 0.0726 e. The third kappa shape index (κ3) is 2.10. The molecule has 1 N–H and O–H groups in total. The fourth-order valence-corrected chi connectivity index (χ4v) is 3.48. The van der Waals surface area contributed by atoms with E-state index in [1.54, 1.807) is 5.57 Å². The SMILES string of the molecule is CC1=C[C@H](O)C[C@H](C)[C@H]2CC(=C(C)C)C[C@@H]12. The van der Waals surface area contributed by atoms with E-state index >= 15 is 0 Å². The first-order valence-corrected chi connectivity index (χ1v) is 6.50. The Morgan fingerprint density at radius 3 is 2.62 bits per heavy atom. The molecule has 0 spiro atoms. The molecule has 0 aromatic carbocycles. The monoisotopic (exact) mass is 220 g/mol. The van der Waals surface area contributed by atoms with E-state index in [0.717, 1.165) is 12.3 Å². The summed E-state index contributed by atoms with van der Waals surface area (Å²) in [4.78, 5) is 0. The van der Waals surface area contributed by atoms with Crippen LogP contribution < -0.4 is 0 Å². The third-order valence-corrected chi connectivity index (χ3v) is 4.56. The van der Waals surface area contributed by atoms with Gasteiger partial charge in [0, 0.05) is 0 Å². The van der Waals surface area contributed by atoms with E-state index in [-0.39, 0.29) is 6.10 Å². The summed E-state index contributed by atoms with van der Waals surface area (Å²) in [5.74, 6) is 2.10. The van der Waals surface area contributed by atoms with Gasteiger partial charge in [-0.3, -0.25) is 0 Å². The molecular weight excluding hydrogens is 196 g/mol. The minimum atomic E-state index is -0.212. The fraction of sp³-hybridized carbons (Fsp3) is 0.733. The second kappa shape index (κ2) is 4.37. The summed E-state index contributed by atoms with van der Waals surface area (Å²) in [6.07, 6.45) is 5.30. The zero-order chi connectivity index (χ0) is 11.9. The van der Waals surface area contributed by atoms with Gasteiger partial charge in [0.2, 0.25) is 0 Å². The first kappa shape index (κ1) is 11.9. The van der Waals surface area contributed by atoms with Gasteiger partial charge in [0.1, 0.15) is 0 Å². The van der Waals surface area contributed by atoms with Crippen LogP contribution in [0.15, 0.2) is 22.8 Å². The Morgan fingerprint density at radius 2 is 2.00 bits per heavy atom. The minimum absolute atomic E-state index is 0.212. The van der Waals surface area contributed by atoms with E-state index in [2.05, 4.69) is 33.8 Å². The molecule has 0 aromatic rings. The average Bonchev–Trinajstić information content (AvgIpc) is 2.57. The molecule has 90 valence electrons. The van der Waals surface area contributed by atoms with Gasteiger partial charge in [-0.05, 0) is 57.8 Å². The lowest BCUT2D eigenvalue weighted by Crippen LogP contribution is -2.17. The molecular formula is C15H24O. The molecule has 2 aliphatic carbocycles. The number of fused-ring (bicyclic) bond motifs is 1. The van der Waals surface area contributed by atoms with Gasteiger partial charge in [-0.2, -0.15) is 0 Å². The number of hydrogen-bond donors (Lipinski definition) is 1. The summed E-state index contributed by atoms with van der Waals surface area (Å²) in [7, 11) is 0. The van der Waals surface area contributed by atoms with Gasteiger partial charge in [-0.15, -0.1) is 0 Å². The molecule has 2 rings (SSSR count). The van der Waals surface area contributed by atoms with E-state index in [1.807, 2.05) is 0 Å². The van der Waals surface area contributed by atoms with Crippen LogP contribution in [0.5, 0.6) is 0 Å². The maximum atomic E-state index is 9.87. The topological polar surface area (TPSA) is 20.2 Å². The van der Waals surface area contributed by atoms with Gasteiger partial charge in [0.15, 0.2) is 0 Å². The largest absolute Gasteiger partial charge is 0.389 e. The van der Waals surface area contributed by atoms with Gasteiger partial charge in [0.05, 0.1) is 6.10 Å².